The highest BCUT2D eigenvalue weighted by Gasteiger charge is 2.32. The van der Waals surface area contributed by atoms with Gasteiger partial charge in [-0.15, -0.1) is 0 Å². The van der Waals surface area contributed by atoms with Gasteiger partial charge in [0.2, 0.25) is 0 Å². The van der Waals surface area contributed by atoms with E-state index in [4.69, 9.17) is 4.42 Å². The van der Waals surface area contributed by atoms with Gasteiger partial charge >= 0.3 is 0 Å². The average molecular weight is 384 g/mol. The number of nitrogens with zero attached hydrogens (tertiary/aromatic N) is 4. The maximum absolute atomic E-state index is 13.0. The summed E-state index contributed by atoms with van der Waals surface area (Å²) in [5.74, 6) is 1.18. The van der Waals surface area contributed by atoms with E-state index in [9.17, 15) is 4.79 Å². The molecule has 1 aromatic carbocycles. The molecule has 6 nitrogen and oxygen atoms in total. The van der Waals surface area contributed by atoms with E-state index < -0.39 is 0 Å². The zero-order chi connectivity index (χ0) is 19.6. The van der Waals surface area contributed by atoms with Crippen molar-refractivity contribution >= 4 is 5.91 Å². The Morgan fingerprint density at radius 2 is 1.93 bits per heavy atom. The van der Waals surface area contributed by atoms with Crippen molar-refractivity contribution < 1.29 is 9.21 Å². The van der Waals surface area contributed by atoms with Crippen molar-refractivity contribution in [1.29, 1.82) is 0 Å². The predicted octanol–water partition coefficient (Wildman–Crippen LogP) is 3.71. The second kappa shape index (κ2) is 7.39. The fourth-order valence-electron chi connectivity index (χ4n) is 3.97. The minimum absolute atomic E-state index is 0.0161. The molecule has 3 aromatic heterocycles. The molecule has 4 heterocycles. The number of fused-ring (bicyclic) bond motifs is 1. The molecule has 29 heavy (non-hydrogen) atoms. The molecule has 1 amide bonds. The first kappa shape index (κ1) is 17.4. The van der Waals surface area contributed by atoms with Gasteiger partial charge in [-0.3, -0.25) is 9.78 Å². The van der Waals surface area contributed by atoms with Gasteiger partial charge in [0.25, 0.3) is 5.91 Å². The number of pyridine rings is 1. The first-order valence-electron chi connectivity index (χ1n) is 9.61. The second-order valence-corrected chi connectivity index (χ2v) is 7.15. The van der Waals surface area contributed by atoms with Crippen molar-refractivity contribution in [2.75, 3.05) is 6.54 Å². The highest BCUT2D eigenvalue weighted by molar-refractivity contribution is 5.91. The molecular formula is C23H20N4O2. The quantitative estimate of drug-likeness (QED) is 0.538. The van der Waals surface area contributed by atoms with E-state index in [2.05, 4.69) is 26.7 Å². The number of benzene rings is 1. The third-order valence-electron chi connectivity index (χ3n) is 5.33. The number of furan rings is 1. The second-order valence-electron chi connectivity index (χ2n) is 7.15. The van der Waals surface area contributed by atoms with Crippen LogP contribution in [0, 0.1) is 0 Å². The van der Waals surface area contributed by atoms with Crippen LogP contribution in [-0.4, -0.2) is 31.9 Å². The summed E-state index contributed by atoms with van der Waals surface area (Å²) in [6.45, 7) is 1.75. The minimum Gasteiger partial charge on any atom is -0.459 e. The number of imidazole rings is 1. The first-order chi connectivity index (χ1) is 14.3. The molecule has 0 saturated heterocycles. The number of hydrogen-bond donors (Lipinski definition) is 0. The summed E-state index contributed by atoms with van der Waals surface area (Å²) >= 11 is 0. The lowest BCUT2D eigenvalue weighted by Crippen LogP contribution is -2.39. The van der Waals surface area contributed by atoms with Crippen LogP contribution in [-0.2, 0) is 13.1 Å². The van der Waals surface area contributed by atoms with Gasteiger partial charge in [-0.05, 0) is 35.4 Å². The van der Waals surface area contributed by atoms with Crippen LogP contribution in [0.2, 0.25) is 0 Å². The van der Waals surface area contributed by atoms with E-state index in [-0.39, 0.29) is 11.8 Å². The first-order valence-corrected chi connectivity index (χ1v) is 9.61. The summed E-state index contributed by atoms with van der Waals surface area (Å²) in [4.78, 5) is 23.9. The Bertz CT molecular complexity index is 1120. The van der Waals surface area contributed by atoms with Crippen LogP contribution in [0.25, 0.3) is 0 Å². The van der Waals surface area contributed by atoms with Crippen LogP contribution >= 0.6 is 0 Å². The molecule has 1 unspecified atom stereocenters. The Kier molecular flexibility index (Phi) is 4.44. The molecule has 1 aliphatic rings. The van der Waals surface area contributed by atoms with Crippen LogP contribution in [0.15, 0.2) is 83.9 Å². The zero-order valence-electron chi connectivity index (χ0n) is 15.8. The molecule has 5 rings (SSSR count). The third-order valence-corrected chi connectivity index (χ3v) is 5.33. The van der Waals surface area contributed by atoms with E-state index in [0.717, 1.165) is 17.1 Å². The molecule has 0 aliphatic carbocycles. The van der Waals surface area contributed by atoms with Gasteiger partial charge < -0.3 is 13.9 Å². The topological polar surface area (TPSA) is 64.2 Å². The molecule has 0 N–H and O–H groups in total. The average Bonchev–Trinajstić information content (AvgIpc) is 3.45. The molecular weight excluding hydrogens is 364 g/mol. The maximum atomic E-state index is 13.0. The number of rotatable bonds is 4. The van der Waals surface area contributed by atoms with Crippen molar-refractivity contribution in [1.82, 2.24) is 19.4 Å². The SMILES string of the molecule is O=C(c1ccco1)N1Cc2ccccc2C(c2nccn2Cc2ccccn2)C1. The number of hydrogen-bond acceptors (Lipinski definition) is 4. The fourth-order valence-corrected chi connectivity index (χ4v) is 3.97. The van der Waals surface area contributed by atoms with E-state index in [1.807, 2.05) is 47.6 Å². The van der Waals surface area contributed by atoms with Crippen LogP contribution in [0.1, 0.15) is 39.1 Å². The Labute approximate surface area is 168 Å². The highest BCUT2D eigenvalue weighted by Crippen LogP contribution is 2.33. The molecule has 0 bridgehead atoms. The van der Waals surface area contributed by atoms with Gasteiger partial charge in [-0.2, -0.15) is 0 Å². The maximum Gasteiger partial charge on any atom is 0.289 e. The molecule has 0 saturated carbocycles. The van der Waals surface area contributed by atoms with Gasteiger partial charge in [0.1, 0.15) is 5.82 Å². The standard InChI is InChI=1S/C23H20N4O2/c28-23(21-9-5-13-29-21)27-14-17-6-1-2-8-19(17)20(16-27)22-25-11-12-26(22)15-18-7-3-4-10-24-18/h1-13,20H,14-16H2. The lowest BCUT2D eigenvalue weighted by Gasteiger charge is -2.34. The zero-order valence-corrected chi connectivity index (χ0v) is 15.8. The van der Waals surface area contributed by atoms with Gasteiger partial charge in [-0.1, -0.05) is 30.3 Å². The van der Waals surface area contributed by atoms with Gasteiger partial charge in [-0.25, -0.2) is 4.98 Å². The smallest absolute Gasteiger partial charge is 0.289 e. The van der Waals surface area contributed by atoms with Crippen molar-refractivity contribution in [3.8, 4) is 0 Å². The van der Waals surface area contributed by atoms with Crippen molar-refractivity contribution in [3.05, 3.63) is 108 Å². The van der Waals surface area contributed by atoms with Gasteiger partial charge in [0.05, 0.1) is 24.4 Å². The summed E-state index contributed by atoms with van der Waals surface area (Å²) < 4.78 is 7.46. The Hall–Kier alpha value is -3.67. The van der Waals surface area contributed by atoms with E-state index in [1.165, 1.54) is 11.8 Å². The van der Waals surface area contributed by atoms with E-state index in [0.29, 0.717) is 25.4 Å². The normalized spacial score (nSPS) is 15.9. The van der Waals surface area contributed by atoms with Crippen LogP contribution < -0.4 is 0 Å². The summed E-state index contributed by atoms with van der Waals surface area (Å²) in [6.07, 6.45) is 7.11. The molecule has 6 heteroatoms. The van der Waals surface area contributed by atoms with Gasteiger partial charge in [0, 0.05) is 31.7 Å². The van der Waals surface area contributed by atoms with Crippen LogP contribution in [0.3, 0.4) is 0 Å². The Morgan fingerprint density at radius 3 is 2.76 bits per heavy atom. The third kappa shape index (κ3) is 3.33. The number of carbonyl (C=O) groups is 1. The number of carbonyl (C=O) groups excluding carboxylic acids is 1. The summed E-state index contributed by atoms with van der Waals surface area (Å²) in [5.41, 5.74) is 3.32. The molecule has 144 valence electrons. The monoisotopic (exact) mass is 384 g/mol. The molecule has 0 radical (unpaired) electrons. The lowest BCUT2D eigenvalue weighted by atomic mass is 9.89. The van der Waals surface area contributed by atoms with Crippen molar-refractivity contribution in [2.45, 2.75) is 19.0 Å². The van der Waals surface area contributed by atoms with Crippen molar-refractivity contribution in [3.63, 3.8) is 0 Å². The predicted molar refractivity (Wildman–Crippen MR) is 107 cm³/mol. The number of aromatic nitrogens is 3. The Morgan fingerprint density at radius 1 is 1.03 bits per heavy atom. The van der Waals surface area contributed by atoms with E-state index >= 15 is 0 Å². The Balaban J connectivity index is 1.51. The van der Waals surface area contributed by atoms with Crippen LogP contribution in [0.5, 0.6) is 0 Å². The molecule has 1 atom stereocenters. The summed E-state index contributed by atoms with van der Waals surface area (Å²) in [5, 5.41) is 0. The van der Waals surface area contributed by atoms with Gasteiger partial charge in [0.15, 0.2) is 5.76 Å². The lowest BCUT2D eigenvalue weighted by molar-refractivity contribution is 0.0690. The molecule has 0 fully saturated rings. The molecule has 1 aliphatic heterocycles. The summed E-state index contributed by atoms with van der Waals surface area (Å²) in [7, 11) is 0. The fraction of sp³-hybridized carbons (Fsp3) is 0.174. The molecule has 0 spiro atoms. The highest BCUT2D eigenvalue weighted by atomic mass is 16.3. The van der Waals surface area contributed by atoms with E-state index in [1.54, 1.807) is 18.3 Å². The number of amides is 1. The molecule has 4 aromatic rings. The van der Waals surface area contributed by atoms with Crippen LogP contribution in [0.4, 0.5) is 0 Å². The minimum atomic E-state index is -0.0997. The largest absolute Gasteiger partial charge is 0.459 e. The van der Waals surface area contributed by atoms with Crippen molar-refractivity contribution in [2.24, 2.45) is 0 Å². The summed E-state index contributed by atoms with van der Waals surface area (Å²) in [6, 6.07) is 17.6.